The molecule has 0 radical (unpaired) electrons. The molecule has 1 N–H and O–H groups in total. The number of H-pyrrole nitrogens is 1. The number of aryl methyl sites for hydroxylation is 1. The minimum Gasteiger partial charge on any atom is -0.340 e. The Kier molecular flexibility index (Phi) is 3.68. The Morgan fingerprint density at radius 3 is 2.86 bits per heavy atom. The highest BCUT2D eigenvalue weighted by molar-refractivity contribution is 5.93. The molecule has 0 aromatic carbocycles. The van der Waals surface area contributed by atoms with Gasteiger partial charge >= 0.3 is 0 Å². The van der Waals surface area contributed by atoms with Crippen molar-refractivity contribution in [2.75, 3.05) is 13.6 Å². The molecule has 1 amide bonds. The van der Waals surface area contributed by atoms with Crippen LogP contribution in [0.2, 0.25) is 0 Å². The van der Waals surface area contributed by atoms with Crippen molar-refractivity contribution < 1.29 is 4.79 Å². The van der Waals surface area contributed by atoms with Crippen LogP contribution in [0.15, 0.2) is 6.20 Å². The molecule has 0 aliphatic heterocycles. The molecular formula is C10H17N3O. The highest BCUT2D eigenvalue weighted by atomic mass is 16.2. The minimum absolute atomic E-state index is 0.0217. The Bertz CT molecular complexity index is 306. The van der Waals surface area contributed by atoms with Crippen LogP contribution < -0.4 is 0 Å². The lowest BCUT2D eigenvalue weighted by atomic mass is 10.2. The lowest BCUT2D eigenvalue weighted by Crippen LogP contribution is -2.28. The summed E-state index contributed by atoms with van der Waals surface area (Å²) in [5.74, 6) is 0.0217. The van der Waals surface area contributed by atoms with Crippen molar-refractivity contribution in [1.82, 2.24) is 15.1 Å². The van der Waals surface area contributed by atoms with Gasteiger partial charge in [0.25, 0.3) is 5.91 Å². The molecule has 4 nitrogen and oxygen atoms in total. The number of rotatable bonds is 4. The van der Waals surface area contributed by atoms with E-state index in [1.165, 1.54) is 0 Å². The van der Waals surface area contributed by atoms with Gasteiger partial charge in [0.15, 0.2) is 0 Å². The van der Waals surface area contributed by atoms with Crippen LogP contribution in [0.4, 0.5) is 0 Å². The molecule has 1 heterocycles. The van der Waals surface area contributed by atoms with Crippen molar-refractivity contribution in [3.05, 3.63) is 17.5 Å². The number of hydrogen-bond acceptors (Lipinski definition) is 2. The topological polar surface area (TPSA) is 49.0 Å². The van der Waals surface area contributed by atoms with E-state index in [1.807, 2.05) is 14.0 Å². The quantitative estimate of drug-likeness (QED) is 0.793. The molecule has 0 atom stereocenters. The highest BCUT2D eigenvalue weighted by Crippen LogP contribution is 2.06. The summed E-state index contributed by atoms with van der Waals surface area (Å²) in [5, 5.41) is 6.55. The first-order chi connectivity index (χ1) is 6.66. The number of unbranched alkanes of at least 4 members (excludes halogenated alkanes) is 1. The van der Waals surface area contributed by atoms with Gasteiger partial charge in [0.1, 0.15) is 5.69 Å². The van der Waals surface area contributed by atoms with E-state index in [-0.39, 0.29) is 5.91 Å². The molecule has 1 rings (SSSR count). The zero-order valence-electron chi connectivity index (χ0n) is 9.00. The van der Waals surface area contributed by atoms with Crippen molar-refractivity contribution in [1.29, 1.82) is 0 Å². The summed E-state index contributed by atoms with van der Waals surface area (Å²) in [4.78, 5) is 13.5. The molecule has 1 aromatic heterocycles. The average molecular weight is 195 g/mol. The normalized spacial score (nSPS) is 10.2. The number of aromatic amines is 1. The van der Waals surface area contributed by atoms with E-state index in [0.717, 1.165) is 24.9 Å². The lowest BCUT2D eigenvalue weighted by molar-refractivity contribution is 0.0787. The molecule has 4 heteroatoms. The van der Waals surface area contributed by atoms with Gasteiger partial charge in [0, 0.05) is 13.6 Å². The van der Waals surface area contributed by atoms with Gasteiger partial charge in [-0.25, -0.2) is 0 Å². The maximum atomic E-state index is 11.8. The van der Waals surface area contributed by atoms with Crippen LogP contribution in [0.1, 0.15) is 35.8 Å². The molecular weight excluding hydrogens is 178 g/mol. The molecule has 0 spiro atoms. The van der Waals surface area contributed by atoms with E-state index < -0.39 is 0 Å². The first-order valence-electron chi connectivity index (χ1n) is 4.92. The standard InChI is InChI=1S/C10H17N3O/c1-4-5-6-13(3)10(14)9-8(2)7-11-12-9/h7H,4-6H2,1-3H3,(H,11,12). The summed E-state index contributed by atoms with van der Waals surface area (Å²) < 4.78 is 0. The summed E-state index contributed by atoms with van der Waals surface area (Å²) in [7, 11) is 1.82. The monoisotopic (exact) mass is 195 g/mol. The van der Waals surface area contributed by atoms with Crippen LogP contribution >= 0.6 is 0 Å². The summed E-state index contributed by atoms with van der Waals surface area (Å²) in [6.45, 7) is 4.79. The molecule has 0 fully saturated rings. The van der Waals surface area contributed by atoms with Crippen molar-refractivity contribution >= 4 is 5.91 Å². The maximum absolute atomic E-state index is 11.8. The smallest absolute Gasteiger partial charge is 0.271 e. The molecule has 0 unspecified atom stereocenters. The SMILES string of the molecule is CCCCN(C)C(=O)c1[nH]ncc1C. The summed E-state index contributed by atoms with van der Waals surface area (Å²) in [6, 6.07) is 0. The number of nitrogens with one attached hydrogen (secondary N) is 1. The number of hydrogen-bond donors (Lipinski definition) is 1. The third-order valence-corrected chi connectivity index (χ3v) is 2.24. The van der Waals surface area contributed by atoms with Crippen LogP contribution in [-0.2, 0) is 0 Å². The molecule has 0 aliphatic rings. The second-order valence-corrected chi connectivity index (χ2v) is 3.51. The van der Waals surface area contributed by atoms with E-state index in [0.29, 0.717) is 5.69 Å². The van der Waals surface area contributed by atoms with Gasteiger partial charge in [-0.3, -0.25) is 9.89 Å². The van der Waals surface area contributed by atoms with Crippen molar-refractivity contribution in [2.24, 2.45) is 0 Å². The lowest BCUT2D eigenvalue weighted by Gasteiger charge is -2.15. The largest absolute Gasteiger partial charge is 0.340 e. The molecule has 0 saturated carbocycles. The predicted molar refractivity (Wildman–Crippen MR) is 55.2 cm³/mol. The van der Waals surface area contributed by atoms with Crippen LogP contribution in [0.5, 0.6) is 0 Å². The fourth-order valence-corrected chi connectivity index (χ4v) is 1.25. The third kappa shape index (κ3) is 2.34. The predicted octanol–water partition coefficient (Wildman–Crippen LogP) is 1.59. The highest BCUT2D eigenvalue weighted by Gasteiger charge is 2.14. The first-order valence-corrected chi connectivity index (χ1v) is 4.92. The van der Waals surface area contributed by atoms with Gasteiger partial charge in [-0.05, 0) is 18.9 Å². The first kappa shape index (κ1) is 10.8. The Labute approximate surface area is 84.3 Å². The molecule has 0 bridgehead atoms. The van der Waals surface area contributed by atoms with E-state index in [4.69, 9.17) is 0 Å². The maximum Gasteiger partial charge on any atom is 0.271 e. The number of carbonyl (C=O) groups is 1. The number of nitrogens with zero attached hydrogens (tertiary/aromatic N) is 2. The number of amides is 1. The number of aromatic nitrogens is 2. The fourth-order valence-electron chi connectivity index (χ4n) is 1.25. The number of carbonyl (C=O) groups excluding carboxylic acids is 1. The van der Waals surface area contributed by atoms with Gasteiger partial charge in [0.05, 0.1) is 6.20 Å². The summed E-state index contributed by atoms with van der Waals surface area (Å²) >= 11 is 0. The summed E-state index contributed by atoms with van der Waals surface area (Å²) in [5.41, 5.74) is 1.50. The van der Waals surface area contributed by atoms with E-state index in [2.05, 4.69) is 17.1 Å². The van der Waals surface area contributed by atoms with Crippen molar-refractivity contribution in [3.8, 4) is 0 Å². The molecule has 0 aliphatic carbocycles. The molecule has 0 saturated heterocycles. The molecule has 78 valence electrons. The van der Waals surface area contributed by atoms with Crippen LogP contribution in [0.3, 0.4) is 0 Å². The van der Waals surface area contributed by atoms with Gasteiger partial charge in [-0.15, -0.1) is 0 Å². The van der Waals surface area contributed by atoms with Gasteiger partial charge in [0.2, 0.25) is 0 Å². The Morgan fingerprint density at radius 1 is 1.64 bits per heavy atom. The molecule has 14 heavy (non-hydrogen) atoms. The van der Waals surface area contributed by atoms with Gasteiger partial charge in [-0.2, -0.15) is 5.10 Å². The second kappa shape index (κ2) is 4.79. The van der Waals surface area contributed by atoms with E-state index >= 15 is 0 Å². The zero-order valence-corrected chi connectivity index (χ0v) is 9.00. The van der Waals surface area contributed by atoms with E-state index in [1.54, 1.807) is 11.1 Å². The Balaban J connectivity index is 2.61. The zero-order chi connectivity index (χ0) is 10.6. The van der Waals surface area contributed by atoms with E-state index in [9.17, 15) is 4.79 Å². The Morgan fingerprint density at radius 2 is 2.36 bits per heavy atom. The fraction of sp³-hybridized carbons (Fsp3) is 0.600. The third-order valence-electron chi connectivity index (χ3n) is 2.24. The van der Waals surface area contributed by atoms with Crippen LogP contribution in [-0.4, -0.2) is 34.6 Å². The minimum atomic E-state index is 0.0217. The van der Waals surface area contributed by atoms with Crippen molar-refractivity contribution in [3.63, 3.8) is 0 Å². The molecule has 1 aromatic rings. The second-order valence-electron chi connectivity index (χ2n) is 3.51. The van der Waals surface area contributed by atoms with Crippen LogP contribution in [0.25, 0.3) is 0 Å². The van der Waals surface area contributed by atoms with Gasteiger partial charge in [-0.1, -0.05) is 13.3 Å². The average Bonchev–Trinajstić information content (AvgIpc) is 2.59. The Hall–Kier alpha value is -1.32. The van der Waals surface area contributed by atoms with Crippen molar-refractivity contribution in [2.45, 2.75) is 26.7 Å². The summed E-state index contributed by atoms with van der Waals surface area (Å²) in [6.07, 6.45) is 3.80. The van der Waals surface area contributed by atoms with Crippen LogP contribution in [0, 0.1) is 6.92 Å². The van der Waals surface area contributed by atoms with Gasteiger partial charge < -0.3 is 4.90 Å².